The van der Waals surface area contributed by atoms with E-state index >= 15 is 0 Å². The quantitative estimate of drug-likeness (QED) is 0.829. The van der Waals surface area contributed by atoms with Gasteiger partial charge in [-0.3, -0.25) is 9.88 Å². The first kappa shape index (κ1) is 12.8. The van der Waals surface area contributed by atoms with Crippen LogP contribution >= 0.6 is 11.6 Å². The Hall–Kier alpha value is -0.670. The van der Waals surface area contributed by atoms with Crippen LogP contribution in [0.25, 0.3) is 0 Å². The topological polar surface area (TPSA) is 29.0 Å². The zero-order valence-corrected chi connectivity index (χ0v) is 11.2. The van der Waals surface area contributed by atoms with Gasteiger partial charge in [0.15, 0.2) is 0 Å². The molecule has 0 spiro atoms. The minimum absolute atomic E-state index is 0.468. The lowest BCUT2D eigenvalue weighted by atomic mass is 9.98. The molecule has 1 aromatic rings. The molecule has 0 N–H and O–H groups in total. The van der Waals surface area contributed by atoms with E-state index in [4.69, 9.17) is 11.6 Å². The van der Waals surface area contributed by atoms with Crippen LogP contribution in [-0.2, 0) is 6.54 Å². The maximum atomic E-state index is 5.73. The van der Waals surface area contributed by atoms with Crippen LogP contribution in [0.3, 0.4) is 0 Å². The van der Waals surface area contributed by atoms with Gasteiger partial charge in [-0.15, -0.1) is 0 Å². The van der Waals surface area contributed by atoms with E-state index in [2.05, 4.69) is 21.8 Å². The van der Waals surface area contributed by atoms with Crippen molar-refractivity contribution in [2.24, 2.45) is 5.92 Å². The Kier molecular flexibility index (Phi) is 4.75. The second kappa shape index (κ2) is 6.31. The van der Waals surface area contributed by atoms with Crippen molar-refractivity contribution in [3.8, 4) is 0 Å². The lowest BCUT2D eigenvalue weighted by molar-refractivity contribution is 0.268. The lowest BCUT2D eigenvalue weighted by Crippen LogP contribution is -2.24. The van der Waals surface area contributed by atoms with Gasteiger partial charge in [0.05, 0.1) is 18.1 Å². The average Bonchev–Trinajstić information content (AvgIpc) is 2.57. The van der Waals surface area contributed by atoms with Crippen molar-refractivity contribution in [3.05, 3.63) is 23.2 Å². The highest BCUT2D eigenvalue weighted by atomic mass is 35.5. The molecule has 94 valence electrons. The maximum absolute atomic E-state index is 5.73. The fourth-order valence-electron chi connectivity index (χ4n) is 2.44. The number of halogens is 1. The number of aromatic nitrogens is 2. The Morgan fingerprint density at radius 3 is 2.88 bits per heavy atom. The second-order valence-corrected chi connectivity index (χ2v) is 5.20. The van der Waals surface area contributed by atoms with Gasteiger partial charge in [0.2, 0.25) is 0 Å². The second-order valence-electron chi connectivity index (χ2n) is 4.81. The summed E-state index contributed by atoms with van der Waals surface area (Å²) in [6, 6.07) is 0. The van der Waals surface area contributed by atoms with Crippen LogP contribution in [0.2, 0.25) is 5.15 Å². The predicted molar refractivity (Wildman–Crippen MR) is 70.0 cm³/mol. The molecular weight excluding hydrogens is 234 g/mol. The van der Waals surface area contributed by atoms with Gasteiger partial charge in [0, 0.05) is 6.54 Å². The minimum atomic E-state index is 0.468. The Bertz CT molecular complexity index is 339. The van der Waals surface area contributed by atoms with Gasteiger partial charge in [-0.05, 0) is 38.3 Å². The maximum Gasteiger partial charge on any atom is 0.147 e. The van der Waals surface area contributed by atoms with Crippen molar-refractivity contribution < 1.29 is 0 Å². The summed E-state index contributed by atoms with van der Waals surface area (Å²) in [5.41, 5.74) is 1.02. The first-order valence-electron chi connectivity index (χ1n) is 6.46. The van der Waals surface area contributed by atoms with E-state index in [0.29, 0.717) is 5.15 Å². The molecule has 4 heteroatoms. The normalized spacial score (nSPS) is 22.4. The lowest BCUT2D eigenvalue weighted by Gasteiger charge is -2.19. The number of hydrogen-bond acceptors (Lipinski definition) is 3. The SMILES string of the molecule is CCC1CCCN(Cc2cnc(Cl)cn2)CC1. The molecule has 1 unspecified atom stereocenters. The van der Waals surface area contributed by atoms with Gasteiger partial charge in [-0.2, -0.15) is 0 Å². The Labute approximate surface area is 108 Å². The minimum Gasteiger partial charge on any atom is -0.297 e. The van der Waals surface area contributed by atoms with E-state index in [9.17, 15) is 0 Å². The standard InChI is InChI=1S/C13H20ClN3/c1-2-11-4-3-6-17(7-5-11)10-12-8-16-13(14)9-15-12/h8-9,11H,2-7,10H2,1H3. The van der Waals surface area contributed by atoms with Crippen LogP contribution in [-0.4, -0.2) is 28.0 Å². The summed E-state index contributed by atoms with van der Waals surface area (Å²) in [5.74, 6) is 0.913. The summed E-state index contributed by atoms with van der Waals surface area (Å²) in [4.78, 5) is 10.9. The average molecular weight is 254 g/mol. The molecule has 0 aromatic carbocycles. The fourth-order valence-corrected chi connectivity index (χ4v) is 2.54. The van der Waals surface area contributed by atoms with Crippen LogP contribution in [0.5, 0.6) is 0 Å². The molecule has 17 heavy (non-hydrogen) atoms. The summed E-state index contributed by atoms with van der Waals surface area (Å²) in [5, 5.41) is 0.468. The molecule has 0 amide bonds. The molecule has 1 fully saturated rings. The third-order valence-electron chi connectivity index (χ3n) is 3.58. The number of nitrogens with zero attached hydrogens (tertiary/aromatic N) is 3. The van der Waals surface area contributed by atoms with E-state index in [0.717, 1.165) is 18.2 Å². The summed E-state index contributed by atoms with van der Waals surface area (Å²) >= 11 is 5.73. The van der Waals surface area contributed by atoms with Crippen molar-refractivity contribution in [3.63, 3.8) is 0 Å². The van der Waals surface area contributed by atoms with E-state index in [-0.39, 0.29) is 0 Å². The number of likely N-dealkylation sites (tertiary alicyclic amines) is 1. The van der Waals surface area contributed by atoms with Gasteiger partial charge in [0.25, 0.3) is 0 Å². The molecule has 0 saturated carbocycles. The monoisotopic (exact) mass is 253 g/mol. The molecule has 1 saturated heterocycles. The third-order valence-corrected chi connectivity index (χ3v) is 3.77. The van der Waals surface area contributed by atoms with Gasteiger partial charge in [-0.1, -0.05) is 24.9 Å². The Balaban J connectivity index is 1.88. The molecule has 0 aliphatic carbocycles. The van der Waals surface area contributed by atoms with Crippen LogP contribution in [0.15, 0.2) is 12.4 Å². The third kappa shape index (κ3) is 3.93. The van der Waals surface area contributed by atoms with Crippen molar-refractivity contribution in [2.45, 2.75) is 39.2 Å². The molecule has 1 aromatic heterocycles. The highest BCUT2D eigenvalue weighted by Crippen LogP contribution is 2.20. The number of hydrogen-bond donors (Lipinski definition) is 0. The largest absolute Gasteiger partial charge is 0.297 e. The van der Waals surface area contributed by atoms with Crippen LogP contribution in [0.1, 0.15) is 38.3 Å². The molecule has 1 atom stereocenters. The van der Waals surface area contributed by atoms with E-state index in [1.807, 2.05) is 0 Å². The van der Waals surface area contributed by atoms with E-state index in [1.54, 1.807) is 12.4 Å². The highest BCUT2D eigenvalue weighted by Gasteiger charge is 2.16. The Morgan fingerprint density at radius 2 is 2.18 bits per heavy atom. The number of rotatable bonds is 3. The van der Waals surface area contributed by atoms with Gasteiger partial charge in [-0.25, -0.2) is 4.98 Å². The van der Waals surface area contributed by atoms with Crippen LogP contribution in [0, 0.1) is 5.92 Å². The predicted octanol–water partition coefficient (Wildman–Crippen LogP) is 3.14. The van der Waals surface area contributed by atoms with Gasteiger partial charge < -0.3 is 0 Å². The molecule has 0 radical (unpaired) electrons. The Morgan fingerprint density at radius 1 is 1.29 bits per heavy atom. The molecule has 2 rings (SSSR count). The van der Waals surface area contributed by atoms with Crippen LogP contribution < -0.4 is 0 Å². The summed E-state index contributed by atoms with van der Waals surface area (Å²) in [6.45, 7) is 5.56. The molecular formula is C13H20ClN3. The summed E-state index contributed by atoms with van der Waals surface area (Å²) in [7, 11) is 0. The summed E-state index contributed by atoms with van der Waals surface area (Å²) < 4.78 is 0. The van der Waals surface area contributed by atoms with Crippen molar-refractivity contribution in [1.82, 2.24) is 14.9 Å². The first-order valence-corrected chi connectivity index (χ1v) is 6.84. The molecule has 2 heterocycles. The van der Waals surface area contributed by atoms with E-state index < -0.39 is 0 Å². The van der Waals surface area contributed by atoms with Crippen LogP contribution in [0.4, 0.5) is 0 Å². The molecule has 1 aliphatic rings. The smallest absolute Gasteiger partial charge is 0.147 e. The molecule has 1 aliphatic heterocycles. The van der Waals surface area contributed by atoms with E-state index in [1.165, 1.54) is 38.8 Å². The first-order chi connectivity index (χ1) is 8.28. The molecule has 3 nitrogen and oxygen atoms in total. The summed E-state index contributed by atoms with van der Waals surface area (Å²) in [6.07, 6.45) is 8.72. The van der Waals surface area contributed by atoms with Gasteiger partial charge in [0.1, 0.15) is 5.15 Å². The van der Waals surface area contributed by atoms with Gasteiger partial charge >= 0.3 is 0 Å². The van der Waals surface area contributed by atoms with Crippen molar-refractivity contribution >= 4 is 11.6 Å². The molecule has 0 bridgehead atoms. The zero-order chi connectivity index (χ0) is 12.1. The highest BCUT2D eigenvalue weighted by molar-refractivity contribution is 6.29. The fraction of sp³-hybridized carbons (Fsp3) is 0.692. The van der Waals surface area contributed by atoms with Crippen molar-refractivity contribution in [1.29, 1.82) is 0 Å². The van der Waals surface area contributed by atoms with Crippen molar-refractivity contribution in [2.75, 3.05) is 13.1 Å². The zero-order valence-electron chi connectivity index (χ0n) is 10.4.